The zero-order valence-corrected chi connectivity index (χ0v) is 11.8. The fraction of sp³-hybridized carbons (Fsp3) is 0.0625. The highest BCUT2D eigenvalue weighted by atomic mass is 35.5. The molecule has 2 aromatic rings. The van der Waals surface area contributed by atoms with Crippen LogP contribution in [0, 0.1) is 6.92 Å². The molecule has 0 heterocycles. The van der Waals surface area contributed by atoms with Crippen molar-refractivity contribution in [3.63, 3.8) is 0 Å². The van der Waals surface area contributed by atoms with Crippen molar-refractivity contribution >= 4 is 35.0 Å². The Kier molecular flexibility index (Phi) is 4.43. The van der Waals surface area contributed by atoms with Crippen LogP contribution in [-0.2, 0) is 4.79 Å². The predicted octanol–water partition coefficient (Wildman–Crippen LogP) is 3.88. The third kappa shape index (κ3) is 3.62. The highest BCUT2D eigenvalue weighted by Gasteiger charge is 2.05. The molecule has 2 rings (SSSR count). The van der Waals surface area contributed by atoms with Gasteiger partial charge in [-0.3, -0.25) is 4.79 Å². The fourth-order valence-corrected chi connectivity index (χ4v) is 2.06. The van der Waals surface area contributed by atoms with Gasteiger partial charge >= 0.3 is 0 Å². The average molecular weight is 287 g/mol. The van der Waals surface area contributed by atoms with Crippen LogP contribution in [0.15, 0.2) is 48.5 Å². The van der Waals surface area contributed by atoms with Crippen LogP contribution in [0.4, 0.5) is 11.4 Å². The van der Waals surface area contributed by atoms with Crippen molar-refractivity contribution in [2.24, 2.45) is 0 Å². The SMILES string of the molecule is Cc1cccc(Cl)c1NC(=O)/C=C/c1cccc(N)c1. The van der Waals surface area contributed by atoms with E-state index < -0.39 is 0 Å². The average Bonchev–Trinajstić information content (AvgIpc) is 2.41. The minimum Gasteiger partial charge on any atom is -0.399 e. The van der Waals surface area contributed by atoms with E-state index in [1.807, 2.05) is 31.2 Å². The Hall–Kier alpha value is -2.26. The van der Waals surface area contributed by atoms with Crippen LogP contribution in [0.3, 0.4) is 0 Å². The molecular weight excluding hydrogens is 272 g/mol. The Labute approximate surface area is 123 Å². The molecule has 0 saturated carbocycles. The predicted molar refractivity (Wildman–Crippen MR) is 84.7 cm³/mol. The third-order valence-corrected chi connectivity index (χ3v) is 3.12. The lowest BCUT2D eigenvalue weighted by molar-refractivity contribution is -0.111. The Bertz CT molecular complexity index is 645. The second kappa shape index (κ2) is 6.26. The van der Waals surface area contributed by atoms with Gasteiger partial charge in [0.25, 0.3) is 0 Å². The van der Waals surface area contributed by atoms with E-state index in [0.29, 0.717) is 16.4 Å². The summed E-state index contributed by atoms with van der Waals surface area (Å²) in [4.78, 5) is 11.9. The van der Waals surface area contributed by atoms with Crippen molar-refractivity contribution in [3.05, 3.63) is 64.7 Å². The number of carbonyl (C=O) groups excluding carboxylic acids is 1. The maximum absolute atomic E-state index is 11.9. The van der Waals surface area contributed by atoms with Gasteiger partial charge in [0.05, 0.1) is 10.7 Å². The topological polar surface area (TPSA) is 55.1 Å². The lowest BCUT2D eigenvalue weighted by Gasteiger charge is -2.08. The number of halogens is 1. The number of rotatable bonds is 3. The van der Waals surface area contributed by atoms with Crippen molar-refractivity contribution in [2.45, 2.75) is 6.92 Å². The number of carbonyl (C=O) groups is 1. The number of anilines is 2. The van der Waals surface area contributed by atoms with Crippen LogP contribution in [0.25, 0.3) is 6.08 Å². The molecule has 3 nitrogen and oxygen atoms in total. The molecule has 0 atom stereocenters. The van der Waals surface area contributed by atoms with Crippen LogP contribution in [-0.4, -0.2) is 5.91 Å². The van der Waals surface area contributed by atoms with Crippen molar-refractivity contribution < 1.29 is 4.79 Å². The van der Waals surface area contributed by atoms with Crippen molar-refractivity contribution in [2.75, 3.05) is 11.1 Å². The van der Waals surface area contributed by atoms with Gasteiger partial charge in [0.2, 0.25) is 5.91 Å². The first-order valence-corrected chi connectivity index (χ1v) is 6.54. The van der Waals surface area contributed by atoms with Crippen molar-refractivity contribution in [1.29, 1.82) is 0 Å². The summed E-state index contributed by atoms with van der Waals surface area (Å²) in [6, 6.07) is 12.8. The van der Waals surface area contributed by atoms with Gasteiger partial charge in [-0.05, 0) is 42.3 Å². The summed E-state index contributed by atoms with van der Waals surface area (Å²) in [7, 11) is 0. The van der Waals surface area contributed by atoms with E-state index in [2.05, 4.69) is 5.32 Å². The Balaban J connectivity index is 2.10. The number of hydrogen-bond acceptors (Lipinski definition) is 2. The standard InChI is InChI=1S/C16H15ClN2O/c1-11-4-2-7-14(17)16(11)19-15(20)9-8-12-5-3-6-13(18)10-12/h2-10H,18H2,1H3,(H,19,20)/b9-8+. The number of hydrogen-bond donors (Lipinski definition) is 2. The van der Waals surface area contributed by atoms with Gasteiger partial charge in [-0.25, -0.2) is 0 Å². The number of nitrogens with two attached hydrogens (primary N) is 1. The van der Waals surface area contributed by atoms with Gasteiger partial charge in [0.1, 0.15) is 0 Å². The zero-order valence-electron chi connectivity index (χ0n) is 11.1. The number of aryl methyl sites for hydroxylation is 1. The molecule has 20 heavy (non-hydrogen) atoms. The molecule has 3 N–H and O–H groups in total. The molecule has 0 unspecified atom stereocenters. The first-order valence-electron chi connectivity index (χ1n) is 6.16. The van der Waals surface area contributed by atoms with Gasteiger partial charge in [-0.15, -0.1) is 0 Å². The van der Waals surface area contributed by atoms with Crippen LogP contribution >= 0.6 is 11.6 Å². The quantitative estimate of drug-likeness (QED) is 0.664. The second-order valence-electron chi connectivity index (χ2n) is 4.42. The monoisotopic (exact) mass is 286 g/mol. The number of nitrogens with one attached hydrogen (secondary N) is 1. The first-order chi connectivity index (χ1) is 9.56. The summed E-state index contributed by atoms with van der Waals surface area (Å²) in [6.45, 7) is 1.89. The molecule has 0 saturated heterocycles. The molecule has 1 amide bonds. The summed E-state index contributed by atoms with van der Waals surface area (Å²) in [5, 5.41) is 3.30. The number of benzene rings is 2. The fourth-order valence-electron chi connectivity index (χ4n) is 1.79. The van der Waals surface area contributed by atoms with Crippen LogP contribution in [0.2, 0.25) is 5.02 Å². The van der Waals surface area contributed by atoms with E-state index in [4.69, 9.17) is 17.3 Å². The van der Waals surface area contributed by atoms with Crippen LogP contribution < -0.4 is 11.1 Å². The van der Waals surface area contributed by atoms with E-state index in [1.54, 1.807) is 24.3 Å². The van der Waals surface area contributed by atoms with Gasteiger partial charge in [-0.2, -0.15) is 0 Å². The number of nitrogen functional groups attached to an aromatic ring is 1. The number of amides is 1. The molecule has 0 spiro atoms. The normalized spacial score (nSPS) is 10.7. The molecule has 2 aromatic carbocycles. The lowest BCUT2D eigenvalue weighted by Crippen LogP contribution is -2.09. The molecule has 0 radical (unpaired) electrons. The van der Waals surface area contributed by atoms with E-state index in [-0.39, 0.29) is 5.91 Å². The molecule has 0 aliphatic carbocycles. The maximum atomic E-state index is 11.9. The van der Waals surface area contributed by atoms with Gasteiger partial charge in [0.15, 0.2) is 0 Å². The first kappa shape index (κ1) is 14.2. The lowest BCUT2D eigenvalue weighted by atomic mass is 10.2. The van der Waals surface area contributed by atoms with E-state index in [1.165, 1.54) is 6.08 Å². The molecule has 0 aliphatic heterocycles. The van der Waals surface area contributed by atoms with Crippen molar-refractivity contribution in [1.82, 2.24) is 0 Å². The summed E-state index contributed by atoms with van der Waals surface area (Å²) in [5.74, 6) is -0.233. The molecule has 0 fully saturated rings. The Morgan fingerprint density at radius 1 is 1.25 bits per heavy atom. The minimum atomic E-state index is -0.233. The summed E-state index contributed by atoms with van der Waals surface area (Å²) < 4.78 is 0. The molecule has 102 valence electrons. The Morgan fingerprint density at radius 3 is 2.70 bits per heavy atom. The third-order valence-electron chi connectivity index (χ3n) is 2.81. The zero-order chi connectivity index (χ0) is 14.5. The Morgan fingerprint density at radius 2 is 2.00 bits per heavy atom. The van der Waals surface area contributed by atoms with E-state index >= 15 is 0 Å². The molecule has 0 aromatic heterocycles. The molecule has 4 heteroatoms. The summed E-state index contributed by atoms with van der Waals surface area (Å²) >= 11 is 6.06. The van der Waals surface area contributed by atoms with Crippen LogP contribution in [0.1, 0.15) is 11.1 Å². The van der Waals surface area contributed by atoms with Crippen LogP contribution in [0.5, 0.6) is 0 Å². The van der Waals surface area contributed by atoms with E-state index in [9.17, 15) is 4.79 Å². The molecular formula is C16H15ClN2O. The summed E-state index contributed by atoms with van der Waals surface area (Å²) in [6.07, 6.45) is 3.16. The largest absolute Gasteiger partial charge is 0.399 e. The molecule has 0 aliphatic rings. The minimum absolute atomic E-state index is 0.233. The smallest absolute Gasteiger partial charge is 0.248 e. The van der Waals surface area contributed by atoms with Gasteiger partial charge in [-0.1, -0.05) is 35.9 Å². The number of para-hydroxylation sites is 1. The van der Waals surface area contributed by atoms with Gasteiger partial charge in [0, 0.05) is 11.8 Å². The van der Waals surface area contributed by atoms with E-state index in [0.717, 1.165) is 11.1 Å². The summed E-state index contributed by atoms with van der Waals surface area (Å²) in [5.41, 5.74) is 8.76. The highest BCUT2D eigenvalue weighted by molar-refractivity contribution is 6.34. The highest BCUT2D eigenvalue weighted by Crippen LogP contribution is 2.25. The maximum Gasteiger partial charge on any atom is 0.248 e. The molecule has 0 bridgehead atoms. The second-order valence-corrected chi connectivity index (χ2v) is 4.83. The van der Waals surface area contributed by atoms with Crippen molar-refractivity contribution in [3.8, 4) is 0 Å². The van der Waals surface area contributed by atoms with Gasteiger partial charge < -0.3 is 11.1 Å².